The summed E-state index contributed by atoms with van der Waals surface area (Å²) in [5, 5.41) is 4.25. The Morgan fingerprint density at radius 1 is 1.06 bits per heavy atom. The van der Waals surface area contributed by atoms with Crippen LogP contribution in [0.15, 0.2) is 67.0 Å². The molecule has 7 heteroatoms. The Balaban J connectivity index is 1.26. The van der Waals surface area contributed by atoms with Gasteiger partial charge in [-0.3, -0.25) is 4.79 Å². The van der Waals surface area contributed by atoms with Gasteiger partial charge in [0, 0.05) is 31.7 Å². The number of thiophene rings is 1. The molecule has 4 aromatic rings. The van der Waals surface area contributed by atoms with Crippen LogP contribution in [0.5, 0.6) is 0 Å². The van der Waals surface area contributed by atoms with Crippen molar-refractivity contribution in [2.75, 3.05) is 37.7 Å². The third-order valence-corrected chi connectivity index (χ3v) is 6.90. The van der Waals surface area contributed by atoms with Gasteiger partial charge < -0.3 is 19.5 Å². The van der Waals surface area contributed by atoms with E-state index in [-0.39, 0.29) is 5.91 Å². The Bertz CT molecular complexity index is 1200. The number of nitrogens with one attached hydrogen (secondary N) is 1. The Morgan fingerprint density at radius 3 is 2.69 bits per heavy atom. The van der Waals surface area contributed by atoms with E-state index in [9.17, 15) is 4.79 Å². The van der Waals surface area contributed by atoms with Crippen molar-refractivity contribution in [1.82, 2.24) is 14.9 Å². The molecule has 1 N–H and O–H groups in total. The molecule has 2 aromatic carbocycles. The second-order valence-electron chi connectivity index (χ2n) is 7.83. The molecule has 0 saturated carbocycles. The SMILES string of the molecule is O=C(NCCCn1cnc2ccccc21)c1cc(-c2ccccc2)c(N2CCOCC2)s1. The molecule has 0 radical (unpaired) electrons. The number of aromatic nitrogens is 2. The Morgan fingerprint density at radius 2 is 1.84 bits per heavy atom. The summed E-state index contributed by atoms with van der Waals surface area (Å²) >= 11 is 1.57. The third kappa shape index (κ3) is 4.40. The Hall–Kier alpha value is -3.16. The van der Waals surface area contributed by atoms with Crippen molar-refractivity contribution in [3.05, 3.63) is 71.9 Å². The fraction of sp³-hybridized carbons (Fsp3) is 0.280. The van der Waals surface area contributed by atoms with Gasteiger partial charge in [-0.2, -0.15) is 0 Å². The van der Waals surface area contributed by atoms with E-state index in [0.29, 0.717) is 6.54 Å². The first-order valence-corrected chi connectivity index (χ1v) is 11.8. The van der Waals surface area contributed by atoms with Crippen molar-refractivity contribution in [2.24, 2.45) is 0 Å². The van der Waals surface area contributed by atoms with Gasteiger partial charge in [-0.25, -0.2) is 4.98 Å². The lowest BCUT2D eigenvalue weighted by atomic mass is 10.1. The minimum atomic E-state index is -0.0119. The number of fused-ring (bicyclic) bond motifs is 1. The van der Waals surface area contributed by atoms with Crippen molar-refractivity contribution < 1.29 is 9.53 Å². The summed E-state index contributed by atoms with van der Waals surface area (Å²) in [5.74, 6) is -0.0119. The summed E-state index contributed by atoms with van der Waals surface area (Å²) in [6, 6.07) is 20.4. The summed E-state index contributed by atoms with van der Waals surface area (Å²) in [6.45, 7) is 4.57. The van der Waals surface area contributed by atoms with Crippen LogP contribution < -0.4 is 10.2 Å². The largest absolute Gasteiger partial charge is 0.378 e. The summed E-state index contributed by atoms with van der Waals surface area (Å²) < 4.78 is 7.66. The predicted molar refractivity (Wildman–Crippen MR) is 129 cm³/mol. The van der Waals surface area contributed by atoms with Crippen molar-refractivity contribution in [1.29, 1.82) is 0 Å². The van der Waals surface area contributed by atoms with Gasteiger partial charge in [0.2, 0.25) is 0 Å². The highest BCUT2D eigenvalue weighted by Gasteiger charge is 2.21. The molecule has 0 bridgehead atoms. The van der Waals surface area contributed by atoms with Gasteiger partial charge in [-0.05, 0) is 30.2 Å². The van der Waals surface area contributed by atoms with E-state index in [1.54, 1.807) is 11.3 Å². The zero-order chi connectivity index (χ0) is 21.8. The predicted octanol–water partition coefficient (Wildman–Crippen LogP) is 4.42. The molecule has 1 fully saturated rings. The standard InChI is InChI=1S/C25H26N4O2S/c30-24(26-11-6-12-29-18-27-21-9-4-5-10-22(21)29)23-17-20(19-7-2-1-3-8-19)25(32-23)28-13-15-31-16-14-28/h1-5,7-10,17-18H,6,11-16H2,(H,26,30). The number of hydrogen-bond donors (Lipinski definition) is 1. The summed E-state index contributed by atoms with van der Waals surface area (Å²) in [5.41, 5.74) is 4.38. The van der Waals surface area contributed by atoms with Crippen LogP contribution >= 0.6 is 11.3 Å². The number of para-hydroxylation sites is 2. The van der Waals surface area contributed by atoms with E-state index in [1.165, 1.54) is 0 Å². The number of amides is 1. The molecule has 32 heavy (non-hydrogen) atoms. The quantitative estimate of drug-likeness (QED) is 0.427. The van der Waals surface area contributed by atoms with E-state index < -0.39 is 0 Å². The number of aryl methyl sites for hydroxylation is 1. The third-order valence-electron chi connectivity index (χ3n) is 5.71. The maximum atomic E-state index is 12.9. The first-order chi connectivity index (χ1) is 15.8. The maximum absolute atomic E-state index is 12.9. The molecule has 6 nitrogen and oxygen atoms in total. The van der Waals surface area contributed by atoms with Crippen molar-refractivity contribution in [3.63, 3.8) is 0 Å². The number of benzene rings is 2. The molecule has 5 rings (SSSR count). The summed E-state index contributed by atoms with van der Waals surface area (Å²) in [6.07, 6.45) is 2.71. The average molecular weight is 447 g/mol. The second-order valence-corrected chi connectivity index (χ2v) is 8.86. The number of hydrogen-bond acceptors (Lipinski definition) is 5. The van der Waals surface area contributed by atoms with E-state index in [2.05, 4.69) is 38.0 Å². The highest BCUT2D eigenvalue weighted by molar-refractivity contribution is 7.18. The van der Waals surface area contributed by atoms with Crippen LogP contribution in [-0.4, -0.2) is 48.3 Å². The van der Waals surface area contributed by atoms with Crippen LogP contribution in [0.2, 0.25) is 0 Å². The first-order valence-electron chi connectivity index (χ1n) is 11.0. The fourth-order valence-electron chi connectivity index (χ4n) is 4.05. The number of rotatable bonds is 7. The Labute approximate surface area is 191 Å². The van der Waals surface area contributed by atoms with E-state index in [4.69, 9.17) is 4.74 Å². The molecule has 0 spiro atoms. The number of carbonyl (C=O) groups is 1. The molecule has 1 amide bonds. The first kappa shape index (κ1) is 20.7. The van der Waals surface area contributed by atoms with Crippen LogP contribution in [-0.2, 0) is 11.3 Å². The molecule has 0 aliphatic carbocycles. The Kier molecular flexibility index (Phi) is 6.18. The smallest absolute Gasteiger partial charge is 0.261 e. The number of morpholine rings is 1. The molecule has 1 saturated heterocycles. The number of imidazole rings is 1. The van der Waals surface area contributed by atoms with Gasteiger partial charge in [-0.1, -0.05) is 42.5 Å². The van der Waals surface area contributed by atoms with Gasteiger partial charge in [0.15, 0.2) is 0 Å². The second kappa shape index (κ2) is 9.54. The molecule has 0 atom stereocenters. The fourth-order valence-corrected chi connectivity index (χ4v) is 5.19. The van der Waals surface area contributed by atoms with Gasteiger partial charge >= 0.3 is 0 Å². The summed E-state index contributed by atoms with van der Waals surface area (Å²) in [4.78, 5) is 20.4. The molecule has 1 aliphatic heterocycles. The maximum Gasteiger partial charge on any atom is 0.261 e. The van der Waals surface area contributed by atoms with Gasteiger partial charge in [-0.15, -0.1) is 11.3 Å². The molecule has 0 unspecified atom stereocenters. The topological polar surface area (TPSA) is 59.4 Å². The number of nitrogens with zero attached hydrogens (tertiary/aromatic N) is 3. The van der Waals surface area contributed by atoms with Gasteiger partial charge in [0.1, 0.15) is 0 Å². The monoisotopic (exact) mass is 446 g/mol. The molecule has 164 valence electrons. The minimum absolute atomic E-state index is 0.0119. The molecular weight excluding hydrogens is 420 g/mol. The van der Waals surface area contributed by atoms with Crippen molar-refractivity contribution >= 4 is 33.3 Å². The molecular formula is C25H26N4O2S. The lowest BCUT2D eigenvalue weighted by Gasteiger charge is -2.28. The van der Waals surface area contributed by atoms with Gasteiger partial charge in [0.05, 0.1) is 40.5 Å². The number of carbonyl (C=O) groups excluding carboxylic acids is 1. The lowest BCUT2D eigenvalue weighted by Crippen LogP contribution is -2.35. The normalized spacial score (nSPS) is 14.1. The minimum Gasteiger partial charge on any atom is -0.378 e. The lowest BCUT2D eigenvalue weighted by molar-refractivity contribution is 0.0957. The average Bonchev–Trinajstić information content (AvgIpc) is 3.48. The van der Waals surface area contributed by atoms with Crippen LogP contribution in [0, 0.1) is 0 Å². The van der Waals surface area contributed by atoms with E-state index in [1.807, 2.05) is 48.8 Å². The highest BCUT2D eigenvalue weighted by Crippen LogP contribution is 2.39. The van der Waals surface area contributed by atoms with Crippen molar-refractivity contribution in [2.45, 2.75) is 13.0 Å². The zero-order valence-corrected chi connectivity index (χ0v) is 18.7. The number of anilines is 1. The molecule has 3 heterocycles. The zero-order valence-electron chi connectivity index (χ0n) is 17.9. The summed E-state index contributed by atoms with van der Waals surface area (Å²) in [7, 11) is 0. The van der Waals surface area contributed by atoms with Gasteiger partial charge in [0.25, 0.3) is 5.91 Å². The van der Waals surface area contributed by atoms with Crippen LogP contribution in [0.1, 0.15) is 16.1 Å². The number of ether oxygens (including phenoxy) is 1. The van der Waals surface area contributed by atoms with Crippen LogP contribution in [0.25, 0.3) is 22.2 Å². The molecule has 2 aromatic heterocycles. The van der Waals surface area contributed by atoms with Crippen molar-refractivity contribution in [3.8, 4) is 11.1 Å². The van der Waals surface area contributed by atoms with E-state index in [0.717, 1.165) is 71.3 Å². The highest BCUT2D eigenvalue weighted by atomic mass is 32.1. The van der Waals surface area contributed by atoms with Crippen LogP contribution in [0.4, 0.5) is 5.00 Å². The molecule has 1 aliphatic rings. The van der Waals surface area contributed by atoms with Crippen LogP contribution in [0.3, 0.4) is 0 Å². The van der Waals surface area contributed by atoms with E-state index >= 15 is 0 Å².